The largest absolute Gasteiger partial charge is 0.208 e. The number of fused-ring (bicyclic) bond motifs is 5. The lowest BCUT2D eigenvalue weighted by atomic mass is 9.67. The van der Waals surface area contributed by atoms with Gasteiger partial charge >= 0.3 is 0 Å². The lowest BCUT2D eigenvalue weighted by Gasteiger charge is -2.36. The van der Waals surface area contributed by atoms with Crippen LogP contribution in [-0.4, -0.2) is 15.0 Å². The van der Waals surface area contributed by atoms with E-state index in [9.17, 15) is 5.26 Å². The molecule has 0 bridgehead atoms. The lowest BCUT2D eigenvalue weighted by molar-refractivity contribution is 0.353. The summed E-state index contributed by atoms with van der Waals surface area (Å²) in [5.74, 6) is 1.95. The summed E-state index contributed by atoms with van der Waals surface area (Å²) in [6, 6.07) is 53.3. The summed E-state index contributed by atoms with van der Waals surface area (Å²) >= 11 is 0. The van der Waals surface area contributed by atoms with Crippen molar-refractivity contribution >= 4 is 11.1 Å². The molecule has 1 fully saturated rings. The Hall–Kier alpha value is -6.70. The Labute approximate surface area is 329 Å². The molecular formula is C52H42N4. The molecule has 0 atom stereocenters. The van der Waals surface area contributed by atoms with Gasteiger partial charge in [-0.1, -0.05) is 147 Å². The Kier molecular flexibility index (Phi) is 9.29. The second-order valence-electron chi connectivity index (χ2n) is 15.2. The maximum absolute atomic E-state index is 9.74. The maximum Gasteiger partial charge on any atom is 0.164 e. The first-order valence-corrected chi connectivity index (χ1v) is 19.6. The number of allylic oxidation sites excluding steroid dienone is 4. The highest BCUT2D eigenvalue weighted by Gasteiger charge is 2.44. The van der Waals surface area contributed by atoms with Crippen LogP contribution < -0.4 is 0 Å². The molecule has 0 unspecified atom stereocenters. The van der Waals surface area contributed by atoms with E-state index in [0.717, 1.165) is 46.2 Å². The van der Waals surface area contributed by atoms with Gasteiger partial charge in [-0.3, -0.25) is 0 Å². The molecule has 4 heteroatoms. The fraction of sp³-hybridized carbons (Fsp3) is 0.154. The maximum atomic E-state index is 9.74. The SMILES string of the molecule is C/C(=C\C=C(/C)c1cccc(-c2nc(-c3ccccc3)nc(-c3ccccc3)n2)c1)c1cccc(-c2ccc3c(c2)C2(CCCCC2)c2cc(C#N)ccc2-3)c1. The zero-order chi connectivity index (χ0) is 38.1. The summed E-state index contributed by atoms with van der Waals surface area (Å²) in [5, 5.41) is 9.74. The van der Waals surface area contributed by atoms with Gasteiger partial charge in [-0.25, -0.2) is 15.0 Å². The molecule has 56 heavy (non-hydrogen) atoms. The second kappa shape index (κ2) is 14.9. The Morgan fingerprint density at radius 2 is 0.982 bits per heavy atom. The molecule has 1 heterocycles. The number of aromatic nitrogens is 3. The molecule has 0 amide bonds. The first-order valence-electron chi connectivity index (χ1n) is 19.6. The standard InChI is InChI=1S/C52H42N4/c1-35(40-18-12-20-42(31-40)43-25-27-46-45-26-24-37(34-53)30-47(45)52(48(46)33-43)28-10-5-11-29-52)22-23-36(2)41-19-13-21-44(32-41)51-55-49(38-14-6-3-7-15-38)54-50(56-51)39-16-8-4-9-17-39/h3-4,6-9,12-27,30-33H,5,10-11,28-29H2,1-2H3/b35-22+,36-23+. The lowest BCUT2D eigenvalue weighted by Crippen LogP contribution is -2.28. The highest BCUT2D eigenvalue weighted by Crippen LogP contribution is 2.56. The molecule has 1 saturated carbocycles. The summed E-state index contributed by atoms with van der Waals surface area (Å²) in [4.78, 5) is 14.7. The number of nitrogens with zero attached hydrogens (tertiary/aromatic N) is 4. The molecule has 0 radical (unpaired) electrons. The fourth-order valence-electron chi connectivity index (χ4n) is 8.67. The van der Waals surface area contributed by atoms with Gasteiger partial charge in [-0.05, 0) is 113 Å². The van der Waals surface area contributed by atoms with Crippen molar-refractivity contribution in [1.29, 1.82) is 5.26 Å². The van der Waals surface area contributed by atoms with Gasteiger partial charge in [0.25, 0.3) is 0 Å². The van der Waals surface area contributed by atoms with Crippen molar-refractivity contribution in [2.45, 2.75) is 51.4 Å². The van der Waals surface area contributed by atoms with E-state index in [2.05, 4.69) is 111 Å². The van der Waals surface area contributed by atoms with E-state index in [1.54, 1.807) is 0 Å². The van der Waals surface area contributed by atoms with E-state index in [-0.39, 0.29) is 5.41 Å². The van der Waals surface area contributed by atoms with Crippen LogP contribution in [0.2, 0.25) is 0 Å². The van der Waals surface area contributed by atoms with Crippen molar-refractivity contribution in [2.75, 3.05) is 0 Å². The van der Waals surface area contributed by atoms with Gasteiger partial charge in [-0.2, -0.15) is 5.26 Å². The zero-order valence-electron chi connectivity index (χ0n) is 31.8. The second-order valence-corrected chi connectivity index (χ2v) is 15.2. The summed E-state index contributed by atoms with van der Waals surface area (Å²) < 4.78 is 0. The average molecular weight is 723 g/mol. The van der Waals surface area contributed by atoms with Crippen LogP contribution in [0.15, 0.2) is 158 Å². The minimum atomic E-state index is -0.00324. The summed E-state index contributed by atoms with van der Waals surface area (Å²) in [7, 11) is 0. The predicted molar refractivity (Wildman–Crippen MR) is 229 cm³/mol. The van der Waals surface area contributed by atoms with Crippen LogP contribution in [0, 0.1) is 11.3 Å². The van der Waals surface area contributed by atoms with Gasteiger partial charge in [0.2, 0.25) is 0 Å². The van der Waals surface area contributed by atoms with Crippen LogP contribution >= 0.6 is 0 Å². The van der Waals surface area contributed by atoms with Crippen LogP contribution in [0.3, 0.4) is 0 Å². The number of hydrogen-bond donors (Lipinski definition) is 0. The van der Waals surface area contributed by atoms with Crippen LogP contribution in [-0.2, 0) is 5.41 Å². The first kappa shape index (κ1) is 35.0. The van der Waals surface area contributed by atoms with Crippen LogP contribution in [0.1, 0.15) is 73.8 Å². The molecule has 7 aromatic rings. The first-order chi connectivity index (χ1) is 27.5. The molecular weight excluding hydrogens is 681 g/mol. The van der Waals surface area contributed by atoms with Crippen molar-refractivity contribution < 1.29 is 0 Å². The number of hydrogen-bond acceptors (Lipinski definition) is 4. The molecule has 9 rings (SSSR count). The van der Waals surface area contributed by atoms with Crippen molar-refractivity contribution in [1.82, 2.24) is 15.0 Å². The van der Waals surface area contributed by atoms with Gasteiger partial charge in [0, 0.05) is 22.1 Å². The van der Waals surface area contributed by atoms with Crippen LogP contribution in [0.25, 0.3) is 67.6 Å². The molecule has 0 saturated heterocycles. The van der Waals surface area contributed by atoms with Crippen molar-refractivity contribution in [3.05, 3.63) is 186 Å². The van der Waals surface area contributed by atoms with E-state index in [1.807, 2.05) is 66.7 Å². The molecule has 4 nitrogen and oxygen atoms in total. The van der Waals surface area contributed by atoms with Crippen LogP contribution in [0.4, 0.5) is 0 Å². The summed E-state index contributed by atoms with van der Waals surface area (Å²) in [5.41, 5.74) is 16.1. The third-order valence-corrected chi connectivity index (χ3v) is 11.7. The highest BCUT2D eigenvalue weighted by molar-refractivity contribution is 5.85. The smallest absolute Gasteiger partial charge is 0.164 e. The molecule has 0 aliphatic heterocycles. The molecule has 1 spiro atoms. The van der Waals surface area contributed by atoms with Gasteiger partial charge in [0.15, 0.2) is 17.5 Å². The Morgan fingerprint density at radius 1 is 0.500 bits per heavy atom. The third kappa shape index (κ3) is 6.56. The monoisotopic (exact) mass is 722 g/mol. The van der Waals surface area contributed by atoms with Gasteiger partial charge < -0.3 is 0 Å². The summed E-state index contributed by atoms with van der Waals surface area (Å²) in [6.45, 7) is 4.34. The number of nitriles is 1. The van der Waals surface area contributed by atoms with Gasteiger partial charge in [0.05, 0.1) is 11.6 Å². The molecule has 6 aromatic carbocycles. The predicted octanol–water partition coefficient (Wildman–Crippen LogP) is 13.1. The van der Waals surface area contributed by atoms with E-state index in [0.29, 0.717) is 17.5 Å². The Balaban J connectivity index is 1.01. The number of benzene rings is 6. The minimum absolute atomic E-state index is 0.00324. The fourth-order valence-corrected chi connectivity index (χ4v) is 8.67. The third-order valence-electron chi connectivity index (χ3n) is 11.7. The van der Waals surface area contributed by atoms with Crippen molar-refractivity contribution in [3.8, 4) is 62.5 Å². The van der Waals surface area contributed by atoms with E-state index in [1.165, 1.54) is 63.8 Å². The van der Waals surface area contributed by atoms with E-state index < -0.39 is 0 Å². The highest BCUT2D eigenvalue weighted by atomic mass is 15.0. The quantitative estimate of drug-likeness (QED) is 0.154. The molecule has 2 aliphatic carbocycles. The molecule has 270 valence electrons. The average Bonchev–Trinajstić information content (AvgIpc) is 3.53. The number of rotatable bonds is 7. The Morgan fingerprint density at radius 3 is 1.57 bits per heavy atom. The van der Waals surface area contributed by atoms with Gasteiger partial charge in [0.1, 0.15) is 0 Å². The van der Waals surface area contributed by atoms with Crippen molar-refractivity contribution in [2.24, 2.45) is 0 Å². The van der Waals surface area contributed by atoms with Crippen molar-refractivity contribution in [3.63, 3.8) is 0 Å². The molecule has 2 aliphatic rings. The normalized spacial score (nSPS) is 14.6. The minimum Gasteiger partial charge on any atom is -0.208 e. The topological polar surface area (TPSA) is 62.5 Å². The molecule has 0 N–H and O–H groups in total. The Bertz CT molecular complexity index is 2640. The van der Waals surface area contributed by atoms with E-state index in [4.69, 9.17) is 15.0 Å². The van der Waals surface area contributed by atoms with E-state index >= 15 is 0 Å². The zero-order valence-corrected chi connectivity index (χ0v) is 31.8. The van der Waals surface area contributed by atoms with Crippen LogP contribution in [0.5, 0.6) is 0 Å². The summed E-state index contributed by atoms with van der Waals surface area (Å²) in [6.07, 6.45) is 10.4. The van der Waals surface area contributed by atoms with Gasteiger partial charge in [-0.15, -0.1) is 0 Å². The molecule has 1 aromatic heterocycles.